The Balaban J connectivity index is 1.78. The van der Waals surface area contributed by atoms with Gasteiger partial charge in [0.15, 0.2) is 6.29 Å². The maximum atomic E-state index is 13.4. The van der Waals surface area contributed by atoms with E-state index in [2.05, 4.69) is 0 Å². The molecule has 1 aromatic carbocycles. The summed E-state index contributed by atoms with van der Waals surface area (Å²) in [6.07, 6.45) is -12.8. The van der Waals surface area contributed by atoms with E-state index in [1.54, 1.807) is 0 Å². The van der Waals surface area contributed by atoms with Gasteiger partial charge in [-0.25, -0.2) is 0 Å². The number of β-amino-alcohol motifs (C(OH)–C–C–N with tert-alkyl or cyclic N) is 2. The monoisotopic (exact) mass is 457 g/mol. The largest absolute Gasteiger partial charge is 0.416 e. The van der Waals surface area contributed by atoms with Gasteiger partial charge in [-0.2, -0.15) is 13.2 Å². The van der Waals surface area contributed by atoms with E-state index in [9.17, 15) is 38.7 Å². The van der Waals surface area contributed by atoms with Crippen LogP contribution >= 0.6 is 11.6 Å². The summed E-state index contributed by atoms with van der Waals surface area (Å²) in [5.74, 6) is 0. The zero-order valence-corrected chi connectivity index (χ0v) is 16.4. The lowest BCUT2D eigenvalue weighted by Gasteiger charge is -2.39. The zero-order chi connectivity index (χ0) is 22.2. The Morgan fingerprint density at radius 2 is 1.90 bits per heavy atom. The molecule has 2 aliphatic heterocycles. The Kier molecular flexibility index (Phi) is 7.27. The molecule has 7 atom stereocenters. The van der Waals surface area contributed by atoms with Gasteiger partial charge in [-0.15, -0.1) is 0 Å². The van der Waals surface area contributed by atoms with Crippen molar-refractivity contribution in [1.29, 1.82) is 0 Å². The summed E-state index contributed by atoms with van der Waals surface area (Å²) in [4.78, 5) is 1.41. The van der Waals surface area contributed by atoms with Crippen molar-refractivity contribution >= 4 is 11.6 Å². The number of ether oxygens (including phenoxy) is 2. The SMILES string of the molecule is OC[C@@H]1[C@@H](O)[C@H](O)CN1C[C@@H](O)[C@H]1OC(c2c(Cl)cccc2C(F)(F)F)OC[C@H]1O. The van der Waals surface area contributed by atoms with Gasteiger partial charge < -0.3 is 35.0 Å². The van der Waals surface area contributed by atoms with Crippen LogP contribution in [0.4, 0.5) is 13.2 Å². The van der Waals surface area contributed by atoms with Gasteiger partial charge in [-0.05, 0) is 12.1 Å². The lowest BCUT2D eigenvalue weighted by molar-refractivity contribution is -0.278. The van der Waals surface area contributed by atoms with Crippen molar-refractivity contribution in [2.24, 2.45) is 0 Å². The molecule has 2 aliphatic rings. The summed E-state index contributed by atoms with van der Waals surface area (Å²) in [5.41, 5.74) is -1.52. The van der Waals surface area contributed by atoms with Crippen LogP contribution in [0.25, 0.3) is 0 Å². The Bertz CT molecular complexity index is 740. The van der Waals surface area contributed by atoms with Gasteiger partial charge >= 0.3 is 6.18 Å². The Morgan fingerprint density at radius 1 is 1.20 bits per heavy atom. The van der Waals surface area contributed by atoms with Crippen LogP contribution in [0.5, 0.6) is 0 Å². The third-order valence-corrected chi connectivity index (χ3v) is 5.67. The number of benzene rings is 1. The highest BCUT2D eigenvalue weighted by Gasteiger charge is 2.45. The predicted octanol–water partition coefficient (Wildman–Crippen LogP) is -0.107. The molecule has 0 bridgehead atoms. The van der Waals surface area contributed by atoms with Crippen molar-refractivity contribution in [2.75, 3.05) is 26.3 Å². The molecule has 0 saturated carbocycles. The van der Waals surface area contributed by atoms with E-state index in [4.69, 9.17) is 21.1 Å². The second kappa shape index (κ2) is 9.23. The molecule has 0 amide bonds. The molecule has 2 fully saturated rings. The highest BCUT2D eigenvalue weighted by Crippen LogP contribution is 2.41. The molecule has 8 nitrogen and oxygen atoms in total. The van der Waals surface area contributed by atoms with Crippen molar-refractivity contribution in [3.05, 3.63) is 34.3 Å². The van der Waals surface area contributed by atoms with E-state index in [1.165, 1.54) is 11.0 Å². The number of halogens is 4. The van der Waals surface area contributed by atoms with Crippen LogP contribution in [0.15, 0.2) is 18.2 Å². The van der Waals surface area contributed by atoms with Crippen LogP contribution in [-0.2, 0) is 15.7 Å². The summed E-state index contributed by atoms with van der Waals surface area (Å²) in [6.45, 7) is -1.17. The van der Waals surface area contributed by atoms with E-state index < -0.39 is 73.4 Å². The molecule has 1 aromatic rings. The molecule has 170 valence electrons. The predicted molar refractivity (Wildman–Crippen MR) is 96.5 cm³/mol. The van der Waals surface area contributed by atoms with Gasteiger partial charge in [0, 0.05) is 23.7 Å². The average Bonchev–Trinajstić information content (AvgIpc) is 2.94. The molecule has 3 rings (SSSR count). The quantitative estimate of drug-likeness (QED) is 0.415. The molecule has 0 aliphatic carbocycles. The van der Waals surface area contributed by atoms with E-state index in [1.807, 2.05) is 0 Å². The first-order valence-corrected chi connectivity index (χ1v) is 9.62. The lowest BCUT2D eigenvalue weighted by atomic mass is 10.0. The number of hydrogen-bond donors (Lipinski definition) is 5. The van der Waals surface area contributed by atoms with Crippen LogP contribution in [0.1, 0.15) is 17.4 Å². The van der Waals surface area contributed by atoms with Gasteiger partial charge in [-0.3, -0.25) is 4.90 Å². The molecule has 0 radical (unpaired) electrons. The van der Waals surface area contributed by atoms with Crippen molar-refractivity contribution in [2.45, 2.75) is 49.0 Å². The zero-order valence-electron chi connectivity index (χ0n) is 15.6. The molecule has 30 heavy (non-hydrogen) atoms. The molecular formula is C18H23ClF3NO7. The summed E-state index contributed by atoms with van der Waals surface area (Å²) < 4.78 is 50.9. The molecular weight excluding hydrogens is 435 g/mol. The van der Waals surface area contributed by atoms with Crippen LogP contribution in [-0.4, -0.2) is 93.3 Å². The van der Waals surface area contributed by atoms with Crippen LogP contribution in [0, 0.1) is 0 Å². The minimum absolute atomic E-state index is 0.0467. The summed E-state index contributed by atoms with van der Waals surface area (Å²) in [6, 6.07) is 2.36. The highest BCUT2D eigenvalue weighted by molar-refractivity contribution is 6.31. The molecule has 2 saturated heterocycles. The number of hydrogen-bond acceptors (Lipinski definition) is 8. The first-order chi connectivity index (χ1) is 14.0. The Labute approximate surface area is 175 Å². The summed E-state index contributed by atoms with van der Waals surface area (Å²) in [7, 11) is 0. The maximum Gasteiger partial charge on any atom is 0.416 e. The van der Waals surface area contributed by atoms with E-state index >= 15 is 0 Å². The number of aliphatic hydroxyl groups excluding tert-OH is 5. The topological polar surface area (TPSA) is 123 Å². The minimum Gasteiger partial charge on any atom is -0.395 e. The van der Waals surface area contributed by atoms with Crippen molar-refractivity contribution in [3.8, 4) is 0 Å². The van der Waals surface area contributed by atoms with Crippen LogP contribution in [0.2, 0.25) is 5.02 Å². The molecule has 5 N–H and O–H groups in total. The van der Waals surface area contributed by atoms with Crippen molar-refractivity contribution in [3.63, 3.8) is 0 Å². The minimum atomic E-state index is -4.73. The number of likely N-dealkylation sites (tertiary alicyclic amines) is 1. The number of alkyl halides is 3. The molecule has 1 unspecified atom stereocenters. The van der Waals surface area contributed by atoms with Crippen LogP contribution in [0.3, 0.4) is 0 Å². The van der Waals surface area contributed by atoms with Crippen LogP contribution < -0.4 is 0 Å². The van der Waals surface area contributed by atoms with Gasteiger partial charge in [0.05, 0.1) is 43.1 Å². The Hall–Kier alpha value is -1.02. The Morgan fingerprint density at radius 3 is 2.53 bits per heavy atom. The number of aliphatic hydroxyl groups is 5. The second-order valence-corrected chi connectivity index (χ2v) is 7.77. The first-order valence-electron chi connectivity index (χ1n) is 9.24. The fourth-order valence-electron chi connectivity index (χ4n) is 3.81. The summed E-state index contributed by atoms with van der Waals surface area (Å²) in [5, 5.41) is 49.6. The van der Waals surface area contributed by atoms with Crippen molar-refractivity contribution < 1.29 is 48.2 Å². The first kappa shape index (κ1) is 23.6. The lowest BCUT2D eigenvalue weighted by Crippen LogP contribution is -2.52. The third kappa shape index (κ3) is 4.74. The van der Waals surface area contributed by atoms with Gasteiger partial charge in [0.2, 0.25) is 0 Å². The van der Waals surface area contributed by atoms with Gasteiger partial charge in [-0.1, -0.05) is 17.7 Å². The fourth-order valence-corrected chi connectivity index (χ4v) is 4.07. The maximum absolute atomic E-state index is 13.4. The smallest absolute Gasteiger partial charge is 0.395 e. The highest BCUT2D eigenvalue weighted by atomic mass is 35.5. The summed E-state index contributed by atoms with van der Waals surface area (Å²) >= 11 is 5.96. The normalized spacial score (nSPS) is 34.3. The average molecular weight is 458 g/mol. The van der Waals surface area contributed by atoms with Gasteiger partial charge in [0.1, 0.15) is 12.2 Å². The standard InChI is InChI=1S/C18H23ClF3NO7/c19-9-3-1-2-8(18(20,21)22)14(9)17-29-7-13(27)16(30-17)12(26)5-23-4-11(25)15(28)10(23)6-24/h1-3,10-13,15-17,24-28H,4-7H2/t10-,11-,12-,13-,15-,16-,17?/m1/s1. The fraction of sp³-hybridized carbons (Fsp3) is 0.667. The van der Waals surface area contributed by atoms with E-state index in [-0.39, 0.29) is 18.1 Å². The second-order valence-electron chi connectivity index (χ2n) is 7.36. The molecule has 12 heteroatoms. The number of rotatable bonds is 5. The molecule has 0 spiro atoms. The molecule has 2 heterocycles. The van der Waals surface area contributed by atoms with E-state index in [0.717, 1.165) is 12.1 Å². The third-order valence-electron chi connectivity index (χ3n) is 5.34. The van der Waals surface area contributed by atoms with E-state index in [0.29, 0.717) is 0 Å². The molecule has 0 aromatic heterocycles. The number of nitrogens with zero attached hydrogens (tertiary/aromatic N) is 1. The van der Waals surface area contributed by atoms with Gasteiger partial charge in [0.25, 0.3) is 0 Å². The van der Waals surface area contributed by atoms with Crippen molar-refractivity contribution in [1.82, 2.24) is 4.90 Å².